The highest BCUT2D eigenvalue weighted by Crippen LogP contribution is 2.59. The van der Waals surface area contributed by atoms with Crippen molar-refractivity contribution in [3.63, 3.8) is 0 Å². The predicted octanol–water partition coefficient (Wildman–Crippen LogP) is 4.98. The van der Waals surface area contributed by atoms with Gasteiger partial charge in [0.25, 0.3) is 7.37 Å². The van der Waals surface area contributed by atoms with Crippen LogP contribution in [0.15, 0.2) is 30.3 Å². The van der Waals surface area contributed by atoms with Gasteiger partial charge in [0.2, 0.25) is 0 Å². The summed E-state index contributed by atoms with van der Waals surface area (Å²) in [6.07, 6.45) is 0.372. The Bertz CT molecular complexity index is 546. The van der Waals surface area contributed by atoms with E-state index < -0.39 is 12.5 Å². The summed E-state index contributed by atoms with van der Waals surface area (Å²) in [5.74, 6) is 0.187. The van der Waals surface area contributed by atoms with E-state index in [9.17, 15) is 9.36 Å². The molecule has 1 aromatic rings. The number of carbonyl (C=O) groups excluding carboxylic acids is 1. The van der Waals surface area contributed by atoms with Crippen LogP contribution in [0.2, 0.25) is 0 Å². The van der Waals surface area contributed by atoms with Gasteiger partial charge in [0.05, 0.1) is 12.5 Å². The summed E-state index contributed by atoms with van der Waals surface area (Å²) >= 11 is 0. The van der Waals surface area contributed by atoms with E-state index in [1.165, 1.54) is 0 Å². The molecular weight excluding hydrogens is 311 g/mol. The van der Waals surface area contributed by atoms with Crippen LogP contribution in [-0.4, -0.2) is 23.9 Å². The number of para-hydroxylation sites is 1. The maximum absolute atomic E-state index is 13.4. The molecule has 0 bridgehead atoms. The van der Waals surface area contributed by atoms with Gasteiger partial charge >= 0.3 is 5.97 Å². The first kappa shape index (κ1) is 19.8. The minimum Gasteiger partial charge on any atom is -0.465 e. The Morgan fingerprint density at radius 1 is 1.13 bits per heavy atom. The third-order valence-electron chi connectivity index (χ3n) is 3.55. The number of esters is 1. The summed E-state index contributed by atoms with van der Waals surface area (Å²) in [5.41, 5.74) is 0. The molecule has 0 saturated heterocycles. The molecule has 23 heavy (non-hydrogen) atoms. The van der Waals surface area contributed by atoms with E-state index in [1.54, 1.807) is 13.8 Å². The molecule has 2 atom stereocenters. The van der Waals surface area contributed by atoms with Crippen LogP contribution in [0.5, 0.6) is 5.75 Å². The molecule has 0 spiro atoms. The summed E-state index contributed by atoms with van der Waals surface area (Å²) in [5, 5.41) is -0.487. The van der Waals surface area contributed by atoms with Crippen molar-refractivity contribution in [3.8, 4) is 5.75 Å². The van der Waals surface area contributed by atoms with Crippen molar-refractivity contribution in [2.45, 2.75) is 46.7 Å². The summed E-state index contributed by atoms with van der Waals surface area (Å²) in [6.45, 7) is 11.5. The molecule has 5 heteroatoms. The molecule has 1 unspecified atom stereocenters. The quantitative estimate of drug-likeness (QED) is 0.519. The zero-order valence-corrected chi connectivity index (χ0v) is 15.9. The van der Waals surface area contributed by atoms with E-state index in [1.807, 2.05) is 58.0 Å². The monoisotopic (exact) mass is 340 g/mol. The third-order valence-corrected chi connectivity index (χ3v) is 7.21. The van der Waals surface area contributed by atoms with E-state index in [2.05, 4.69) is 0 Å². The highest BCUT2D eigenvalue weighted by Gasteiger charge is 2.40. The Labute approximate surface area is 140 Å². The van der Waals surface area contributed by atoms with E-state index in [0.717, 1.165) is 0 Å². The normalized spacial score (nSPS) is 15.8. The lowest BCUT2D eigenvalue weighted by atomic mass is 10.2. The van der Waals surface area contributed by atoms with Crippen LogP contribution in [0.25, 0.3) is 0 Å². The third kappa shape index (κ3) is 6.02. The van der Waals surface area contributed by atoms with E-state index in [-0.39, 0.29) is 24.4 Å². The van der Waals surface area contributed by atoms with Gasteiger partial charge < -0.3 is 9.26 Å². The number of hydrogen-bond donors (Lipinski definition) is 0. The minimum atomic E-state index is -2.96. The zero-order valence-electron chi connectivity index (χ0n) is 15.0. The smallest absolute Gasteiger partial charge is 0.308 e. The first-order valence-corrected chi connectivity index (χ1v) is 9.86. The molecule has 4 nitrogen and oxygen atoms in total. The van der Waals surface area contributed by atoms with Gasteiger partial charge in [-0.3, -0.25) is 9.36 Å². The van der Waals surface area contributed by atoms with E-state index in [0.29, 0.717) is 11.9 Å². The molecule has 0 aliphatic heterocycles. The molecule has 0 heterocycles. The number of hydrogen-bond acceptors (Lipinski definition) is 4. The van der Waals surface area contributed by atoms with Gasteiger partial charge in [-0.15, -0.1) is 0 Å². The second kappa shape index (κ2) is 8.01. The van der Waals surface area contributed by atoms with Gasteiger partial charge in [0.15, 0.2) is 0 Å². The lowest BCUT2D eigenvalue weighted by Crippen LogP contribution is -2.26. The van der Waals surface area contributed by atoms with Crippen LogP contribution in [0.3, 0.4) is 0 Å². The van der Waals surface area contributed by atoms with Crippen molar-refractivity contribution >= 4 is 13.3 Å². The molecule has 1 aromatic carbocycles. The average Bonchev–Trinajstić information content (AvgIpc) is 2.44. The highest BCUT2D eigenvalue weighted by atomic mass is 31.2. The predicted molar refractivity (Wildman–Crippen MR) is 94.3 cm³/mol. The molecule has 130 valence electrons. The lowest BCUT2D eigenvalue weighted by Gasteiger charge is -2.33. The molecule has 0 saturated carbocycles. The van der Waals surface area contributed by atoms with E-state index in [4.69, 9.17) is 9.26 Å². The molecule has 0 fully saturated rings. The van der Waals surface area contributed by atoms with Gasteiger partial charge in [-0.25, -0.2) is 0 Å². The molecule has 0 aliphatic carbocycles. The first-order chi connectivity index (χ1) is 10.5. The standard InChI is InChI=1S/C18H29O4P/c1-14(2)17(19)21-12-15(3)13-23(20,18(4,5)6)22-16-10-8-7-9-11-16/h7-11,14-15H,12-13H2,1-6H3/t15-,23?/m0/s1. The maximum atomic E-state index is 13.4. The Morgan fingerprint density at radius 2 is 1.70 bits per heavy atom. The van der Waals surface area contributed by atoms with Crippen LogP contribution >= 0.6 is 7.37 Å². The summed E-state index contributed by atoms with van der Waals surface area (Å²) in [6, 6.07) is 9.22. The SMILES string of the molecule is CC(C)C(=O)OC[C@H](C)CP(=O)(Oc1ccccc1)C(C)(C)C. The van der Waals surface area contributed by atoms with Crippen LogP contribution in [0.4, 0.5) is 0 Å². The van der Waals surface area contributed by atoms with Crippen molar-refractivity contribution in [1.82, 2.24) is 0 Å². The van der Waals surface area contributed by atoms with Gasteiger partial charge in [-0.1, -0.05) is 59.7 Å². The molecular formula is C18H29O4P. The van der Waals surface area contributed by atoms with Crippen molar-refractivity contribution < 1.29 is 18.6 Å². The second-order valence-electron chi connectivity index (χ2n) is 7.32. The fraction of sp³-hybridized carbons (Fsp3) is 0.611. The lowest BCUT2D eigenvalue weighted by molar-refractivity contribution is -0.148. The van der Waals surface area contributed by atoms with Crippen LogP contribution in [0, 0.1) is 11.8 Å². The summed E-state index contributed by atoms with van der Waals surface area (Å²) < 4.78 is 24.6. The van der Waals surface area contributed by atoms with Gasteiger partial charge in [0, 0.05) is 17.2 Å². The zero-order chi connectivity index (χ0) is 17.7. The maximum Gasteiger partial charge on any atom is 0.308 e. The summed E-state index contributed by atoms with van der Waals surface area (Å²) in [7, 11) is -2.96. The molecule has 0 aromatic heterocycles. The van der Waals surface area contributed by atoms with Crippen LogP contribution < -0.4 is 4.52 Å². The first-order valence-electron chi connectivity index (χ1n) is 8.05. The van der Waals surface area contributed by atoms with Gasteiger partial charge in [-0.2, -0.15) is 0 Å². The molecule has 0 radical (unpaired) electrons. The van der Waals surface area contributed by atoms with E-state index >= 15 is 0 Å². The fourth-order valence-electron chi connectivity index (χ4n) is 1.95. The van der Waals surface area contributed by atoms with Gasteiger partial charge in [0.1, 0.15) is 5.75 Å². The van der Waals surface area contributed by atoms with Crippen LogP contribution in [-0.2, 0) is 14.1 Å². The fourth-order valence-corrected chi connectivity index (χ4v) is 4.24. The molecule has 0 N–H and O–H groups in total. The van der Waals surface area contributed by atoms with Crippen molar-refractivity contribution in [3.05, 3.63) is 30.3 Å². The van der Waals surface area contributed by atoms with Gasteiger partial charge in [-0.05, 0) is 12.1 Å². The Kier molecular flexibility index (Phi) is 6.88. The second-order valence-corrected chi connectivity index (χ2v) is 10.6. The largest absolute Gasteiger partial charge is 0.465 e. The minimum absolute atomic E-state index is 0.0357. The molecule has 1 rings (SSSR count). The number of ether oxygens (including phenoxy) is 1. The average molecular weight is 340 g/mol. The number of benzene rings is 1. The highest BCUT2D eigenvalue weighted by molar-refractivity contribution is 7.61. The van der Waals surface area contributed by atoms with Crippen LogP contribution in [0.1, 0.15) is 41.5 Å². The number of carbonyl (C=O) groups is 1. The van der Waals surface area contributed by atoms with Crippen molar-refractivity contribution in [1.29, 1.82) is 0 Å². The topological polar surface area (TPSA) is 52.6 Å². The summed E-state index contributed by atoms with van der Waals surface area (Å²) in [4.78, 5) is 11.6. The Hall–Kier alpha value is -1.28. The number of rotatable bonds is 7. The molecule has 0 aliphatic rings. The Morgan fingerprint density at radius 3 is 2.17 bits per heavy atom. The van der Waals surface area contributed by atoms with Crippen molar-refractivity contribution in [2.24, 2.45) is 11.8 Å². The van der Waals surface area contributed by atoms with Crippen molar-refractivity contribution in [2.75, 3.05) is 12.8 Å². The molecule has 0 amide bonds. The Balaban J connectivity index is 2.79.